The summed E-state index contributed by atoms with van der Waals surface area (Å²) in [5.74, 6) is 0.634. The molecule has 96 valence electrons. The standard InChI is InChI=1S/C13H23N3O/c1-4-12-10(8-16(3)15-12)7-14-13(2,9-17)11-5-6-11/h8,11,14,17H,4-7,9H2,1-3H3. The molecule has 1 aliphatic carbocycles. The highest BCUT2D eigenvalue weighted by molar-refractivity contribution is 5.17. The minimum absolute atomic E-state index is 0.124. The fourth-order valence-corrected chi connectivity index (χ4v) is 2.38. The molecule has 0 aromatic carbocycles. The second-order valence-electron chi connectivity index (χ2n) is 5.33. The van der Waals surface area contributed by atoms with E-state index in [1.807, 2.05) is 11.7 Å². The molecule has 4 nitrogen and oxygen atoms in total. The van der Waals surface area contributed by atoms with E-state index in [-0.39, 0.29) is 12.1 Å². The molecular formula is C13H23N3O. The summed E-state index contributed by atoms with van der Waals surface area (Å²) in [6.07, 6.45) is 5.49. The van der Waals surface area contributed by atoms with Gasteiger partial charge in [-0.3, -0.25) is 4.68 Å². The summed E-state index contributed by atoms with van der Waals surface area (Å²) >= 11 is 0. The average molecular weight is 237 g/mol. The molecule has 2 N–H and O–H groups in total. The normalized spacial score (nSPS) is 19.3. The molecule has 1 aliphatic rings. The van der Waals surface area contributed by atoms with E-state index in [2.05, 4.69) is 30.5 Å². The Labute approximate surface area is 103 Å². The number of rotatable bonds is 6. The molecular weight excluding hydrogens is 214 g/mol. The van der Waals surface area contributed by atoms with Crippen LogP contribution in [0.25, 0.3) is 0 Å². The number of nitrogens with zero attached hydrogens (tertiary/aromatic N) is 2. The van der Waals surface area contributed by atoms with Crippen molar-refractivity contribution in [1.29, 1.82) is 0 Å². The van der Waals surface area contributed by atoms with E-state index in [1.54, 1.807) is 0 Å². The summed E-state index contributed by atoms with van der Waals surface area (Å²) in [7, 11) is 1.95. The average Bonchev–Trinajstić information content (AvgIpc) is 3.11. The van der Waals surface area contributed by atoms with Gasteiger partial charge in [0.05, 0.1) is 12.3 Å². The number of hydrogen-bond acceptors (Lipinski definition) is 3. The minimum atomic E-state index is -0.124. The number of aromatic nitrogens is 2. The lowest BCUT2D eigenvalue weighted by molar-refractivity contribution is 0.153. The van der Waals surface area contributed by atoms with Gasteiger partial charge in [-0.15, -0.1) is 0 Å². The quantitative estimate of drug-likeness (QED) is 0.782. The Bertz CT molecular complexity index is 384. The Hall–Kier alpha value is -0.870. The first kappa shape index (κ1) is 12.6. The van der Waals surface area contributed by atoms with Gasteiger partial charge in [0.1, 0.15) is 0 Å². The highest BCUT2D eigenvalue weighted by atomic mass is 16.3. The molecule has 1 heterocycles. The van der Waals surface area contributed by atoms with Crippen molar-refractivity contribution in [3.8, 4) is 0 Å². The molecule has 0 aliphatic heterocycles. The van der Waals surface area contributed by atoms with E-state index in [0.717, 1.165) is 18.7 Å². The van der Waals surface area contributed by atoms with Gasteiger partial charge >= 0.3 is 0 Å². The van der Waals surface area contributed by atoms with Crippen LogP contribution in [0.1, 0.15) is 37.9 Å². The molecule has 0 spiro atoms. The molecule has 17 heavy (non-hydrogen) atoms. The van der Waals surface area contributed by atoms with Gasteiger partial charge in [-0.1, -0.05) is 6.92 Å². The van der Waals surface area contributed by atoms with Crippen molar-refractivity contribution in [1.82, 2.24) is 15.1 Å². The lowest BCUT2D eigenvalue weighted by Gasteiger charge is -2.28. The molecule has 1 atom stereocenters. The van der Waals surface area contributed by atoms with E-state index in [9.17, 15) is 5.11 Å². The molecule has 0 bridgehead atoms. The van der Waals surface area contributed by atoms with E-state index < -0.39 is 0 Å². The molecule has 1 saturated carbocycles. The van der Waals surface area contributed by atoms with Crippen LogP contribution in [0.15, 0.2) is 6.20 Å². The zero-order valence-electron chi connectivity index (χ0n) is 11.0. The van der Waals surface area contributed by atoms with Gasteiger partial charge in [0.2, 0.25) is 0 Å². The maximum atomic E-state index is 9.52. The second kappa shape index (κ2) is 4.78. The Balaban J connectivity index is 2.00. The van der Waals surface area contributed by atoms with Crippen LogP contribution in [0, 0.1) is 5.92 Å². The van der Waals surface area contributed by atoms with Gasteiger partial charge in [0.25, 0.3) is 0 Å². The third-order valence-electron chi connectivity index (χ3n) is 3.82. The first-order valence-electron chi connectivity index (χ1n) is 6.46. The zero-order chi connectivity index (χ0) is 12.5. The van der Waals surface area contributed by atoms with E-state index in [1.165, 1.54) is 18.4 Å². The Morgan fingerprint density at radius 2 is 2.29 bits per heavy atom. The molecule has 0 amide bonds. The van der Waals surface area contributed by atoms with Crippen molar-refractivity contribution in [2.45, 2.75) is 45.2 Å². The number of hydrogen-bond donors (Lipinski definition) is 2. The molecule has 0 radical (unpaired) electrons. The highest BCUT2D eigenvalue weighted by Crippen LogP contribution is 2.39. The van der Waals surface area contributed by atoms with E-state index >= 15 is 0 Å². The van der Waals surface area contributed by atoms with Crippen molar-refractivity contribution in [2.24, 2.45) is 13.0 Å². The summed E-state index contributed by atoms with van der Waals surface area (Å²) in [5, 5.41) is 17.5. The molecule has 2 rings (SSSR count). The van der Waals surface area contributed by atoms with E-state index in [0.29, 0.717) is 5.92 Å². The number of aryl methyl sites for hydroxylation is 2. The van der Waals surface area contributed by atoms with Crippen LogP contribution in [0.2, 0.25) is 0 Å². The van der Waals surface area contributed by atoms with E-state index in [4.69, 9.17) is 0 Å². The van der Waals surface area contributed by atoms with Gasteiger partial charge in [-0.25, -0.2) is 0 Å². The van der Waals surface area contributed by atoms with Crippen molar-refractivity contribution in [2.75, 3.05) is 6.61 Å². The summed E-state index contributed by atoms with van der Waals surface area (Å²) in [6.45, 7) is 5.24. The third-order valence-corrected chi connectivity index (χ3v) is 3.82. The smallest absolute Gasteiger partial charge is 0.0666 e. The monoisotopic (exact) mass is 237 g/mol. The minimum Gasteiger partial charge on any atom is -0.394 e. The topological polar surface area (TPSA) is 50.1 Å². The van der Waals surface area contributed by atoms with Crippen LogP contribution in [0.5, 0.6) is 0 Å². The second-order valence-corrected chi connectivity index (χ2v) is 5.33. The number of aliphatic hydroxyl groups is 1. The predicted molar refractivity (Wildman–Crippen MR) is 67.6 cm³/mol. The molecule has 1 aromatic rings. The van der Waals surface area contributed by atoms with Crippen molar-refractivity contribution in [3.63, 3.8) is 0 Å². The maximum absolute atomic E-state index is 9.52. The van der Waals surface area contributed by atoms with Crippen LogP contribution in [-0.2, 0) is 20.0 Å². The van der Waals surface area contributed by atoms with Crippen molar-refractivity contribution in [3.05, 3.63) is 17.5 Å². The fourth-order valence-electron chi connectivity index (χ4n) is 2.38. The maximum Gasteiger partial charge on any atom is 0.0666 e. The molecule has 0 saturated heterocycles. The molecule has 4 heteroatoms. The van der Waals surface area contributed by atoms with Gasteiger partial charge in [-0.2, -0.15) is 5.10 Å². The SMILES string of the molecule is CCc1nn(C)cc1CNC(C)(CO)C1CC1. The highest BCUT2D eigenvalue weighted by Gasteiger charge is 2.40. The molecule has 1 aromatic heterocycles. The predicted octanol–water partition coefficient (Wildman–Crippen LogP) is 1.23. The van der Waals surface area contributed by atoms with Crippen LogP contribution in [-0.4, -0.2) is 27.0 Å². The Morgan fingerprint density at radius 1 is 1.59 bits per heavy atom. The zero-order valence-corrected chi connectivity index (χ0v) is 11.0. The van der Waals surface area contributed by atoms with Crippen molar-refractivity contribution >= 4 is 0 Å². The summed E-state index contributed by atoms with van der Waals surface area (Å²) in [4.78, 5) is 0. The third kappa shape index (κ3) is 2.69. The van der Waals surface area contributed by atoms with Gasteiger partial charge in [0, 0.05) is 30.9 Å². The van der Waals surface area contributed by atoms with Crippen LogP contribution < -0.4 is 5.32 Å². The lowest BCUT2D eigenvalue weighted by atomic mass is 9.96. The van der Waals surface area contributed by atoms with Crippen LogP contribution in [0.4, 0.5) is 0 Å². The van der Waals surface area contributed by atoms with Gasteiger partial charge < -0.3 is 10.4 Å². The van der Waals surface area contributed by atoms with Gasteiger partial charge in [0.15, 0.2) is 0 Å². The van der Waals surface area contributed by atoms with Crippen LogP contribution in [0.3, 0.4) is 0 Å². The first-order chi connectivity index (χ1) is 8.09. The Kier molecular flexibility index (Phi) is 3.54. The molecule has 1 fully saturated rings. The fraction of sp³-hybridized carbons (Fsp3) is 0.769. The number of aliphatic hydroxyl groups excluding tert-OH is 1. The molecule has 1 unspecified atom stereocenters. The lowest BCUT2D eigenvalue weighted by Crippen LogP contribution is -2.47. The summed E-state index contributed by atoms with van der Waals surface area (Å²) < 4.78 is 1.86. The first-order valence-corrected chi connectivity index (χ1v) is 6.46. The summed E-state index contributed by atoms with van der Waals surface area (Å²) in [6, 6.07) is 0. The Morgan fingerprint density at radius 3 is 2.82 bits per heavy atom. The van der Waals surface area contributed by atoms with Gasteiger partial charge in [-0.05, 0) is 32.1 Å². The van der Waals surface area contributed by atoms with Crippen LogP contribution >= 0.6 is 0 Å². The number of nitrogens with one attached hydrogen (secondary N) is 1. The largest absolute Gasteiger partial charge is 0.394 e. The summed E-state index contributed by atoms with van der Waals surface area (Å²) in [5.41, 5.74) is 2.27. The van der Waals surface area contributed by atoms with Crippen molar-refractivity contribution < 1.29 is 5.11 Å².